The van der Waals surface area contributed by atoms with Crippen LogP contribution in [0.5, 0.6) is 0 Å². The van der Waals surface area contributed by atoms with Gasteiger partial charge in [-0.1, -0.05) is 78.9 Å². The van der Waals surface area contributed by atoms with E-state index < -0.39 is 0 Å². The average molecular weight is 392 g/mol. The molecule has 2 nitrogen and oxygen atoms in total. The SMILES string of the molecule is Cc1cc(C(=O)C[C@H](c2ccc(-c3ccccc3)cc2)c2ccccc2C)ccn1. The first-order valence-corrected chi connectivity index (χ1v) is 10.3. The maximum Gasteiger partial charge on any atom is 0.163 e. The van der Waals surface area contributed by atoms with Crippen LogP contribution in [0, 0.1) is 13.8 Å². The van der Waals surface area contributed by atoms with Crippen LogP contribution in [0.4, 0.5) is 0 Å². The molecular formula is C28H25NO. The Labute approximate surface area is 178 Å². The molecule has 0 unspecified atom stereocenters. The summed E-state index contributed by atoms with van der Waals surface area (Å²) in [4.78, 5) is 17.3. The van der Waals surface area contributed by atoms with Crippen molar-refractivity contribution < 1.29 is 4.79 Å². The molecule has 4 rings (SSSR count). The molecule has 4 aromatic rings. The van der Waals surface area contributed by atoms with Gasteiger partial charge >= 0.3 is 0 Å². The molecule has 1 aromatic heterocycles. The van der Waals surface area contributed by atoms with E-state index in [4.69, 9.17) is 0 Å². The second-order valence-corrected chi connectivity index (χ2v) is 7.71. The molecule has 0 aliphatic rings. The molecule has 1 heterocycles. The number of pyridine rings is 1. The molecule has 148 valence electrons. The third-order valence-electron chi connectivity index (χ3n) is 5.59. The fourth-order valence-electron chi connectivity index (χ4n) is 3.95. The van der Waals surface area contributed by atoms with Crippen LogP contribution in [0.1, 0.15) is 45.1 Å². The van der Waals surface area contributed by atoms with E-state index in [2.05, 4.69) is 78.6 Å². The van der Waals surface area contributed by atoms with E-state index >= 15 is 0 Å². The van der Waals surface area contributed by atoms with Crippen LogP contribution in [-0.2, 0) is 0 Å². The van der Waals surface area contributed by atoms with Crippen molar-refractivity contribution in [2.45, 2.75) is 26.2 Å². The first-order chi connectivity index (χ1) is 14.6. The Morgan fingerprint density at radius 1 is 0.800 bits per heavy atom. The minimum Gasteiger partial charge on any atom is -0.294 e. The highest BCUT2D eigenvalue weighted by Crippen LogP contribution is 2.33. The molecule has 0 saturated heterocycles. The third-order valence-corrected chi connectivity index (χ3v) is 5.59. The molecule has 2 heteroatoms. The van der Waals surface area contributed by atoms with Gasteiger partial charge in [-0.25, -0.2) is 0 Å². The first-order valence-electron chi connectivity index (χ1n) is 10.3. The molecule has 0 bridgehead atoms. The molecule has 3 aromatic carbocycles. The number of Topliss-reactive ketones (excluding diaryl/α,β-unsaturated/α-hetero) is 1. The molecule has 0 N–H and O–H groups in total. The quantitative estimate of drug-likeness (QED) is 0.339. The van der Waals surface area contributed by atoms with Gasteiger partial charge in [0.25, 0.3) is 0 Å². The second kappa shape index (κ2) is 8.87. The van der Waals surface area contributed by atoms with Crippen LogP contribution in [-0.4, -0.2) is 10.8 Å². The standard InChI is InChI=1S/C28H25NO/c1-20-8-6-7-11-26(20)27(19-28(30)25-16-17-29-21(2)18-25)24-14-12-23(13-15-24)22-9-4-3-5-10-22/h3-18,27H,19H2,1-2H3/t27-/m1/s1. The van der Waals surface area contributed by atoms with Gasteiger partial charge in [0.2, 0.25) is 0 Å². The predicted molar refractivity (Wildman–Crippen MR) is 123 cm³/mol. The summed E-state index contributed by atoms with van der Waals surface area (Å²) in [5.74, 6) is 0.151. The highest BCUT2D eigenvalue weighted by molar-refractivity contribution is 5.96. The maximum atomic E-state index is 13.1. The van der Waals surface area contributed by atoms with Crippen molar-refractivity contribution in [1.29, 1.82) is 0 Å². The van der Waals surface area contributed by atoms with Gasteiger partial charge < -0.3 is 0 Å². The summed E-state index contributed by atoms with van der Waals surface area (Å²) in [5, 5.41) is 0. The van der Waals surface area contributed by atoms with E-state index in [0.717, 1.165) is 16.8 Å². The summed E-state index contributed by atoms with van der Waals surface area (Å²) in [6.45, 7) is 4.03. The average Bonchev–Trinajstić information content (AvgIpc) is 2.79. The number of nitrogens with zero attached hydrogens (tertiary/aromatic N) is 1. The first kappa shape index (κ1) is 19.8. The monoisotopic (exact) mass is 391 g/mol. The molecule has 0 aliphatic heterocycles. The van der Waals surface area contributed by atoms with Gasteiger partial charge in [0.1, 0.15) is 0 Å². The summed E-state index contributed by atoms with van der Waals surface area (Å²) in [5.41, 5.74) is 7.52. The summed E-state index contributed by atoms with van der Waals surface area (Å²) in [6.07, 6.45) is 2.14. The zero-order chi connectivity index (χ0) is 20.9. The minimum absolute atomic E-state index is 0.0111. The summed E-state index contributed by atoms with van der Waals surface area (Å²) in [6, 6.07) is 31.0. The lowest BCUT2D eigenvalue weighted by Gasteiger charge is -2.20. The van der Waals surface area contributed by atoms with Gasteiger partial charge in [0, 0.05) is 29.8 Å². The highest BCUT2D eigenvalue weighted by Gasteiger charge is 2.21. The topological polar surface area (TPSA) is 30.0 Å². The fraction of sp³-hybridized carbons (Fsp3) is 0.143. The predicted octanol–water partition coefficient (Wildman–Crippen LogP) is 6.77. The molecule has 0 amide bonds. The number of ketones is 1. The Kier molecular flexibility index (Phi) is 5.85. The normalized spacial score (nSPS) is 11.8. The van der Waals surface area contributed by atoms with Crippen molar-refractivity contribution in [2.24, 2.45) is 0 Å². The Bertz CT molecular complexity index is 1150. The zero-order valence-electron chi connectivity index (χ0n) is 17.4. The number of benzene rings is 3. The van der Waals surface area contributed by atoms with Crippen molar-refractivity contribution in [1.82, 2.24) is 4.98 Å². The number of hydrogen-bond acceptors (Lipinski definition) is 2. The van der Waals surface area contributed by atoms with Crippen molar-refractivity contribution in [3.8, 4) is 11.1 Å². The van der Waals surface area contributed by atoms with Gasteiger partial charge in [-0.3, -0.25) is 9.78 Å². The van der Waals surface area contributed by atoms with Crippen molar-refractivity contribution in [3.05, 3.63) is 125 Å². The van der Waals surface area contributed by atoms with E-state index in [9.17, 15) is 4.79 Å². The molecule has 0 saturated carbocycles. The fourth-order valence-corrected chi connectivity index (χ4v) is 3.95. The van der Waals surface area contributed by atoms with E-state index in [0.29, 0.717) is 6.42 Å². The van der Waals surface area contributed by atoms with Crippen molar-refractivity contribution in [3.63, 3.8) is 0 Å². The Balaban J connectivity index is 1.69. The van der Waals surface area contributed by atoms with Gasteiger partial charge in [-0.05, 0) is 53.8 Å². The third kappa shape index (κ3) is 4.38. The number of carbonyl (C=O) groups is 1. The number of carbonyl (C=O) groups excluding carboxylic acids is 1. The summed E-state index contributed by atoms with van der Waals surface area (Å²) in [7, 11) is 0. The number of hydrogen-bond donors (Lipinski definition) is 0. The van der Waals surface area contributed by atoms with Crippen LogP contribution in [0.15, 0.2) is 97.2 Å². The van der Waals surface area contributed by atoms with Crippen LogP contribution >= 0.6 is 0 Å². The van der Waals surface area contributed by atoms with Crippen LogP contribution in [0.3, 0.4) is 0 Å². The lowest BCUT2D eigenvalue weighted by molar-refractivity contribution is 0.0977. The van der Waals surface area contributed by atoms with Crippen LogP contribution in [0.25, 0.3) is 11.1 Å². The van der Waals surface area contributed by atoms with Crippen LogP contribution < -0.4 is 0 Å². The Morgan fingerprint density at radius 2 is 1.47 bits per heavy atom. The van der Waals surface area contributed by atoms with Crippen molar-refractivity contribution in [2.75, 3.05) is 0 Å². The molecule has 0 spiro atoms. The largest absolute Gasteiger partial charge is 0.294 e. The lowest BCUT2D eigenvalue weighted by Crippen LogP contribution is -2.11. The Hall–Kier alpha value is -3.52. The molecule has 30 heavy (non-hydrogen) atoms. The highest BCUT2D eigenvalue weighted by atomic mass is 16.1. The molecule has 0 radical (unpaired) electrons. The number of aryl methyl sites for hydroxylation is 2. The van der Waals surface area contributed by atoms with Crippen molar-refractivity contribution >= 4 is 5.78 Å². The number of aromatic nitrogens is 1. The van der Waals surface area contributed by atoms with E-state index in [1.165, 1.54) is 22.3 Å². The smallest absolute Gasteiger partial charge is 0.163 e. The maximum absolute atomic E-state index is 13.1. The molecule has 0 fully saturated rings. The van der Waals surface area contributed by atoms with Gasteiger partial charge in [-0.15, -0.1) is 0 Å². The molecule has 1 atom stereocenters. The van der Waals surface area contributed by atoms with Gasteiger partial charge in [-0.2, -0.15) is 0 Å². The summed E-state index contributed by atoms with van der Waals surface area (Å²) < 4.78 is 0. The number of rotatable bonds is 6. The minimum atomic E-state index is 0.0111. The Morgan fingerprint density at radius 3 is 2.17 bits per heavy atom. The van der Waals surface area contributed by atoms with E-state index in [-0.39, 0.29) is 11.7 Å². The van der Waals surface area contributed by atoms with E-state index in [1.807, 2.05) is 31.2 Å². The molecule has 0 aliphatic carbocycles. The van der Waals surface area contributed by atoms with Gasteiger partial charge in [0.15, 0.2) is 5.78 Å². The summed E-state index contributed by atoms with van der Waals surface area (Å²) >= 11 is 0. The second-order valence-electron chi connectivity index (χ2n) is 7.71. The van der Waals surface area contributed by atoms with Gasteiger partial charge in [0.05, 0.1) is 0 Å². The van der Waals surface area contributed by atoms with Crippen LogP contribution in [0.2, 0.25) is 0 Å². The zero-order valence-corrected chi connectivity index (χ0v) is 17.4. The molecular weight excluding hydrogens is 366 g/mol. The lowest BCUT2D eigenvalue weighted by atomic mass is 9.83. The van der Waals surface area contributed by atoms with E-state index in [1.54, 1.807) is 6.20 Å².